The van der Waals surface area contributed by atoms with Gasteiger partial charge in [-0.05, 0) is 18.4 Å². The molecular weight excluding hydrogens is 422 g/mol. The Kier molecular flexibility index (Phi) is 4.83. The molecule has 1 aliphatic heterocycles. The van der Waals surface area contributed by atoms with E-state index in [0.717, 1.165) is 12.0 Å². The summed E-state index contributed by atoms with van der Waals surface area (Å²) < 4.78 is 18.1. The summed E-state index contributed by atoms with van der Waals surface area (Å²) in [4.78, 5) is 37.7. The van der Waals surface area contributed by atoms with Crippen LogP contribution in [0, 0.1) is 0 Å². The summed E-state index contributed by atoms with van der Waals surface area (Å²) in [5, 5.41) is 3.09. The quantitative estimate of drug-likeness (QED) is 0.508. The summed E-state index contributed by atoms with van der Waals surface area (Å²) in [5.41, 5.74) is 1.24. The number of anilines is 1. The predicted octanol–water partition coefficient (Wildman–Crippen LogP) is 3.34. The second-order valence-corrected chi connectivity index (χ2v) is 8.60. The highest BCUT2D eigenvalue weighted by Crippen LogP contribution is 2.32. The topological polar surface area (TPSA) is 80.1 Å². The molecule has 0 saturated carbocycles. The zero-order valence-electron chi connectivity index (χ0n) is 19.5. The molecule has 3 heterocycles. The summed E-state index contributed by atoms with van der Waals surface area (Å²) in [5.74, 6) is 0.150. The van der Waals surface area contributed by atoms with Crippen molar-refractivity contribution in [2.24, 2.45) is 7.05 Å². The van der Waals surface area contributed by atoms with Crippen LogP contribution in [0.5, 0.6) is 0 Å². The number of nitrogens with one attached hydrogen (secondary N) is 1. The molecule has 1 aliphatic rings. The molecule has 32 heavy (non-hydrogen) atoms. The number of benzene rings is 2. The zero-order valence-corrected chi connectivity index (χ0v) is 18.3. The van der Waals surface area contributed by atoms with Crippen molar-refractivity contribution in [1.29, 1.82) is 0 Å². The predicted molar refractivity (Wildman–Crippen MR) is 127 cm³/mol. The van der Waals surface area contributed by atoms with Crippen LogP contribution in [0.2, 0.25) is 0 Å². The first-order chi connectivity index (χ1) is 16.3. The molecule has 4 aromatic rings. The molecule has 0 bridgehead atoms. The Hall–Kier alpha value is -3.52. The smallest absolute Gasteiger partial charge is 0.281 e. The molecule has 7 nitrogen and oxygen atoms in total. The number of nitrogens with zero attached hydrogens (tertiary/aromatic N) is 4. The standard InChI is InChI=1S/C24H23N5O2S/c1-28-20(17-11-6-3-7-12-17)27-22-19(23(28)31)26-24(32-22)29-14-8-13-18(29)21(30)25-15-16-9-4-2-5-10-16/h2-7,9-12,18H,8,13-15H2,1H3,(H,25,30)/i15D2. The fourth-order valence-electron chi connectivity index (χ4n) is 3.92. The fraction of sp³-hybridized carbons (Fsp3) is 0.250. The Morgan fingerprint density at radius 2 is 1.88 bits per heavy atom. The molecule has 0 radical (unpaired) electrons. The van der Waals surface area contributed by atoms with Gasteiger partial charge in [-0.2, -0.15) is 0 Å². The van der Waals surface area contributed by atoms with E-state index in [9.17, 15) is 9.59 Å². The van der Waals surface area contributed by atoms with E-state index in [2.05, 4.69) is 10.3 Å². The first kappa shape index (κ1) is 18.1. The van der Waals surface area contributed by atoms with E-state index in [1.165, 1.54) is 15.9 Å². The molecule has 1 amide bonds. The molecule has 8 heteroatoms. The third-order valence-electron chi connectivity index (χ3n) is 5.57. The van der Waals surface area contributed by atoms with Crippen LogP contribution in [0.25, 0.3) is 21.7 Å². The van der Waals surface area contributed by atoms with E-state index < -0.39 is 18.4 Å². The molecule has 1 unspecified atom stereocenters. The number of aromatic nitrogens is 3. The van der Waals surface area contributed by atoms with Crippen LogP contribution in [-0.2, 0) is 18.3 Å². The second kappa shape index (κ2) is 8.55. The second-order valence-electron chi connectivity index (χ2n) is 7.65. The fourth-order valence-corrected chi connectivity index (χ4v) is 4.92. The summed E-state index contributed by atoms with van der Waals surface area (Å²) in [7, 11) is 1.67. The highest BCUT2D eigenvalue weighted by molar-refractivity contribution is 7.21. The van der Waals surface area contributed by atoms with E-state index in [-0.39, 0.29) is 11.1 Å². The van der Waals surface area contributed by atoms with Gasteiger partial charge in [0, 0.05) is 25.7 Å². The van der Waals surface area contributed by atoms with Crippen LogP contribution >= 0.6 is 11.3 Å². The molecule has 1 N–H and O–H groups in total. The molecule has 162 valence electrons. The highest BCUT2D eigenvalue weighted by atomic mass is 32.1. The molecular formula is C24H23N5O2S. The molecule has 2 aromatic heterocycles. The average molecular weight is 448 g/mol. The third kappa shape index (κ3) is 3.78. The maximum Gasteiger partial charge on any atom is 0.281 e. The number of amides is 1. The molecule has 1 saturated heterocycles. The van der Waals surface area contributed by atoms with Gasteiger partial charge < -0.3 is 10.2 Å². The lowest BCUT2D eigenvalue weighted by Crippen LogP contribution is -2.43. The molecule has 0 spiro atoms. The molecule has 1 fully saturated rings. The van der Waals surface area contributed by atoms with Crippen molar-refractivity contribution in [3.8, 4) is 11.4 Å². The number of carbonyl (C=O) groups is 1. The number of fused-ring (bicyclic) bond motifs is 1. The van der Waals surface area contributed by atoms with Crippen molar-refractivity contribution >= 4 is 32.7 Å². The summed E-state index contributed by atoms with van der Waals surface area (Å²) >= 11 is 1.28. The third-order valence-corrected chi connectivity index (χ3v) is 6.55. The number of hydrogen-bond acceptors (Lipinski definition) is 6. The molecule has 1 atom stereocenters. The van der Waals surface area contributed by atoms with Gasteiger partial charge >= 0.3 is 0 Å². The van der Waals surface area contributed by atoms with Crippen LogP contribution < -0.4 is 15.8 Å². The van der Waals surface area contributed by atoms with Crippen LogP contribution in [0.4, 0.5) is 5.13 Å². The minimum Gasteiger partial charge on any atom is -0.350 e. The lowest BCUT2D eigenvalue weighted by Gasteiger charge is -2.23. The zero-order chi connectivity index (χ0) is 23.9. The van der Waals surface area contributed by atoms with Crippen molar-refractivity contribution in [3.05, 3.63) is 76.6 Å². The number of rotatable bonds is 5. The van der Waals surface area contributed by atoms with Gasteiger partial charge in [0.2, 0.25) is 5.91 Å². The Labute approximate surface area is 192 Å². The van der Waals surface area contributed by atoms with Crippen LogP contribution in [0.15, 0.2) is 65.5 Å². The number of hydrogen-bond donors (Lipinski definition) is 1. The first-order valence-corrected chi connectivity index (χ1v) is 11.2. The van der Waals surface area contributed by atoms with Crippen molar-refractivity contribution in [2.45, 2.75) is 25.4 Å². The molecule has 2 aromatic carbocycles. The van der Waals surface area contributed by atoms with E-state index in [1.54, 1.807) is 37.4 Å². The van der Waals surface area contributed by atoms with Crippen LogP contribution in [0.1, 0.15) is 21.1 Å². The van der Waals surface area contributed by atoms with Gasteiger partial charge in [-0.25, -0.2) is 9.97 Å². The minimum absolute atomic E-state index is 0.244. The van der Waals surface area contributed by atoms with Crippen LogP contribution in [-0.4, -0.2) is 33.0 Å². The Balaban J connectivity index is 1.45. The Morgan fingerprint density at radius 1 is 1.16 bits per heavy atom. The highest BCUT2D eigenvalue weighted by Gasteiger charge is 2.33. The van der Waals surface area contributed by atoms with Crippen molar-refractivity contribution in [1.82, 2.24) is 19.9 Å². The van der Waals surface area contributed by atoms with E-state index >= 15 is 0 Å². The maximum atomic E-state index is 13.1. The monoisotopic (exact) mass is 447 g/mol. The summed E-state index contributed by atoms with van der Waals surface area (Å²) in [6, 6.07) is 17.5. The SMILES string of the molecule is [2H]C([2H])(NC(=O)C1CCCN1c1nc2c(=O)n(C)c(-c3ccccc3)nc2s1)c1ccccc1. The van der Waals surface area contributed by atoms with E-state index in [0.29, 0.717) is 34.3 Å². The van der Waals surface area contributed by atoms with Gasteiger partial charge in [0.1, 0.15) is 11.9 Å². The van der Waals surface area contributed by atoms with E-state index in [1.807, 2.05) is 35.2 Å². The lowest BCUT2D eigenvalue weighted by molar-refractivity contribution is -0.122. The van der Waals surface area contributed by atoms with Crippen LogP contribution in [0.3, 0.4) is 0 Å². The minimum atomic E-state index is -2.00. The average Bonchev–Trinajstić information content (AvgIpc) is 3.50. The van der Waals surface area contributed by atoms with Crippen molar-refractivity contribution < 1.29 is 7.54 Å². The Bertz CT molecular complexity index is 1410. The number of thiazole rings is 1. The molecule has 5 rings (SSSR count). The first-order valence-electron chi connectivity index (χ1n) is 11.4. The normalized spacial score (nSPS) is 17.3. The van der Waals surface area contributed by atoms with Gasteiger partial charge in [-0.3, -0.25) is 14.2 Å². The summed E-state index contributed by atoms with van der Waals surface area (Å²) in [6.45, 7) is -1.40. The van der Waals surface area contributed by atoms with Crippen molar-refractivity contribution in [3.63, 3.8) is 0 Å². The molecule has 0 aliphatic carbocycles. The number of carbonyl (C=O) groups excluding carboxylic acids is 1. The van der Waals surface area contributed by atoms with Crippen molar-refractivity contribution in [2.75, 3.05) is 11.4 Å². The van der Waals surface area contributed by atoms with Gasteiger partial charge in [0.05, 0.1) is 2.74 Å². The van der Waals surface area contributed by atoms with Gasteiger partial charge in [-0.1, -0.05) is 72.0 Å². The van der Waals surface area contributed by atoms with E-state index in [4.69, 9.17) is 7.73 Å². The maximum absolute atomic E-state index is 13.1. The van der Waals surface area contributed by atoms with Gasteiger partial charge in [-0.15, -0.1) is 0 Å². The Morgan fingerprint density at radius 3 is 2.62 bits per heavy atom. The lowest BCUT2D eigenvalue weighted by atomic mass is 10.2. The summed E-state index contributed by atoms with van der Waals surface area (Å²) in [6.07, 6.45) is 1.34. The van der Waals surface area contributed by atoms with Gasteiger partial charge in [0.25, 0.3) is 5.56 Å². The largest absolute Gasteiger partial charge is 0.350 e. The van der Waals surface area contributed by atoms with Gasteiger partial charge in [0.15, 0.2) is 15.5 Å².